The lowest BCUT2D eigenvalue weighted by Crippen LogP contribution is -2.26. The number of rotatable bonds is 3. The van der Waals surface area contributed by atoms with Gasteiger partial charge in [-0.25, -0.2) is 0 Å². The van der Waals surface area contributed by atoms with Crippen molar-refractivity contribution in [2.45, 2.75) is 64.1 Å². The molecule has 0 amide bonds. The van der Waals surface area contributed by atoms with E-state index in [1.54, 1.807) is 0 Å². The Morgan fingerprint density at radius 3 is 2.47 bits per heavy atom. The lowest BCUT2D eigenvalue weighted by Gasteiger charge is -2.23. The van der Waals surface area contributed by atoms with Crippen LogP contribution in [0.4, 0.5) is 0 Å². The highest BCUT2D eigenvalue weighted by atomic mass is 16.7. The first-order valence-corrected chi connectivity index (χ1v) is 6.72. The highest BCUT2D eigenvalue weighted by molar-refractivity contribution is 5.71. The van der Waals surface area contributed by atoms with Gasteiger partial charge in [-0.2, -0.15) is 0 Å². The molecule has 2 aliphatic rings. The molecule has 2 fully saturated rings. The molecule has 0 aromatic heterocycles. The number of cyclic esters (lactones) is 1. The molecule has 2 N–H and O–H groups in total. The van der Waals surface area contributed by atoms with Crippen LogP contribution in [0.5, 0.6) is 0 Å². The lowest BCUT2D eigenvalue weighted by molar-refractivity contribution is -0.179. The normalized spacial score (nSPS) is 27.5. The van der Waals surface area contributed by atoms with E-state index in [-0.39, 0.29) is 18.4 Å². The van der Waals surface area contributed by atoms with Crippen molar-refractivity contribution in [2.24, 2.45) is 0 Å². The fourth-order valence-electron chi connectivity index (χ4n) is 1.76. The summed E-state index contributed by atoms with van der Waals surface area (Å²) in [5.41, 5.74) is 0. The van der Waals surface area contributed by atoms with Crippen LogP contribution in [-0.4, -0.2) is 47.6 Å². The van der Waals surface area contributed by atoms with Gasteiger partial charge in [0.15, 0.2) is 12.1 Å². The van der Waals surface area contributed by atoms with Gasteiger partial charge < -0.3 is 24.4 Å². The van der Waals surface area contributed by atoms with Crippen LogP contribution in [0, 0.1) is 0 Å². The molecule has 6 nitrogen and oxygen atoms in total. The molecule has 0 spiro atoms. The van der Waals surface area contributed by atoms with E-state index in [9.17, 15) is 4.79 Å². The van der Waals surface area contributed by atoms with Crippen LogP contribution in [-0.2, 0) is 19.0 Å². The van der Waals surface area contributed by atoms with Crippen LogP contribution in [0.1, 0.15) is 46.0 Å². The Morgan fingerprint density at radius 2 is 2.00 bits per heavy atom. The van der Waals surface area contributed by atoms with E-state index in [4.69, 9.17) is 24.4 Å². The summed E-state index contributed by atoms with van der Waals surface area (Å²) in [6.45, 7) is 3.87. The molecule has 0 radical (unpaired) electrons. The largest absolute Gasteiger partial charge is 0.460 e. The van der Waals surface area contributed by atoms with Crippen molar-refractivity contribution in [1.29, 1.82) is 0 Å². The second kappa shape index (κ2) is 7.79. The average Bonchev–Trinajstić information content (AvgIpc) is 2.72. The first-order chi connectivity index (χ1) is 8.84. The summed E-state index contributed by atoms with van der Waals surface area (Å²) < 4.78 is 16.0. The molecule has 19 heavy (non-hydrogen) atoms. The first kappa shape index (κ1) is 16.4. The summed E-state index contributed by atoms with van der Waals surface area (Å²) in [6.07, 6.45) is 4.43. The van der Waals surface area contributed by atoms with E-state index in [2.05, 4.69) is 0 Å². The van der Waals surface area contributed by atoms with Crippen LogP contribution >= 0.6 is 0 Å². The molecule has 0 aromatic carbocycles. The minimum absolute atomic E-state index is 0.0481. The third-order valence-electron chi connectivity index (χ3n) is 2.57. The van der Waals surface area contributed by atoms with Gasteiger partial charge in [0.1, 0.15) is 6.10 Å². The lowest BCUT2D eigenvalue weighted by atomic mass is 10.2. The highest BCUT2D eigenvalue weighted by Gasteiger charge is 2.25. The summed E-state index contributed by atoms with van der Waals surface area (Å²) in [5, 5.41) is 16.2. The zero-order valence-corrected chi connectivity index (χ0v) is 11.6. The Bertz CT molecular complexity index is 261. The van der Waals surface area contributed by atoms with Crippen molar-refractivity contribution < 1.29 is 29.2 Å². The number of carbonyl (C=O) groups excluding carboxylic acids is 1. The second-order valence-corrected chi connectivity index (χ2v) is 5.27. The van der Waals surface area contributed by atoms with Crippen molar-refractivity contribution in [1.82, 2.24) is 0 Å². The molecule has 0 aliphatic carbocycles. The Hall–Kier alpha value is -0.690. The molecule has 2 aliphatic heterocycles. The monoisotopic (exact) mass is 276 g/mol. The van der Waals surface area contributed by atoms with Crippen LogP contribution in [0.15, 0.2) is 0 Å². The van der Waals surface area contributed by atoms with E-state index in [0.717, 1.165) is 32.3 Å². The number of hydrogen-bond acceptors (Lipinski definition) is 6. The van der Waals surface area contributed by atoms with Crippen LogP contribution in [0.25, 0.3) is 0 Å². The quantitative estimate of drug-likeness (QED) is 0.589. The van der Waals surface area contributed by atoms with Crippen LogP contribution < -0.4 is 0 Å². The zero-order valence-electron chi connectivity index (χ0n) is 11.6. The molecular formula is C13H24O6. The molecule has 0 aromatic rings. The minimum Gasteiger partial charge on any atom is -0.460 e. The predicted molar refractivity (Wildman–Crippen MR) is 67.2 cm³/mol. The highest BCUT2D eigenvalue weighted by Crippen LogP contribution is 2.18. The van der Waals surface area contributed by atoms with Gasteiger partial charge >= 0.3 is 5.97 Å². The maximum atomic E-state index is 10.8. The molecule has 2 rings (SSSR count). The molecule has 0 saturated carbocycles. The SMILES string of the molecule is CC(C)(O)O.O=C1CC[C@@H](COC2CCCCO2)O1. The Kier molecular flexibility index (Phi) is 6.71. The van der Waals surface area contributed by atoms with Crippen molar-refractivity contribution in [3.8, 4) is 0 Å². The number of carbonyl (C=O) groups is 1. The number of aliphatic hydroxyl groups is 2. The maximum Gasteiger partial charge on any atom is 0.306 e. The third-order valence-corrected chi connectivity index (χ3v) is 2.57. The first-order valence-electron chi connectivity index (χ1n) is 6.72. The van der Waals surface area contributed by atoms with Gasteiger partial charge in [0.2, 0.25) is 0 Å². The average molecular weight is 276 g/mol. The third kappa shape index (κ3) is 8.93. The van der Waals surface area contributed by atoms with Crippen molar-refractivity contribution in [3.63, 3.8) is 0 Å². The fourth-order valence-corrected chi connectivity index (χ4v) is 1.76. The standard InChI is InChI=1S/C10H16O4.C3H8O2/c11-9-5-4-8(14-9)7-13-10-3-1-2-6-12-10;1-3(2,4)5/h8,10H,1-7H2;4-5H,1-2H3/t8-,10?;/m0./s1. The van der Waals surface area contributed by atoms with Gasteiger partial charge in [-0.15, -0.1) is 0 Å². The Labute approximate surface area is 113 Å². The van der Waals surface area contributed by atoms with E-state index in [1.807, 2.05) is 0 Å². The van der Waals surface area contributed by atoms with Gasteiger partial charge in [0.05, 0.1) is 6.61 Å². The van der Waals surface area contributed by atoms with Crippen LogP contribution in [0.2, 0.25) is 0 Å². The summed E-state index contributed by atoms with van der Waals surface area (Å²) in [7, 11) is 0. The maximum absolute atomic E-state index is 10.8. The molecule has 2 saturated heterocycles. The molecule has 2 atom stereocenters. The fraction of sp³-hybridized carbons (Fsp3) is 0.923. The van der Waals surface area contributed by atoms with Crippen molar-refractivity contribution in [2.75, 3.05) is 13.2 Å². The predicted octanol–water partition coefficient (Wildman–Crippen LogP) is 0.942. The Balaban J connectivity index is 0.000000312. The smallest absolute Gasteiger partial charge is 0.306 e. The van der Waals surface area contributed by atoms with Gasteiger partial charge in [-0.1, -0.05) is 0 Å². The van der Waals surface area contributed by atoms with E-state index < -0.39 is 5.79 Å². The molecule has 1 unspecified atom stereocenters. The molecule has 112 valence electrons. The molecular weight excluding hydrogens is 252 g/mol. The van der Waals surface area contributed by atoms with E-state index in [0.29, 0.717) is 13.0 Å². The summed E-state index contributed by atoms with van der Waals surface area (Å²) in [5.74, 6) is -1.61. The summed E-state index contributed by atoms with van der Waals surface area (Å²) in [6, 6.07) is 0. The topological polar surface area (TPSA) is 85.2 Å². The van der Waals surface area contributed by atoms with Gasteiger partial charge in [-0.3, -0.25) is 4.79 Å². The number of esters is 1. The summed E-state index contributed by atoms with van der Waals surface area (Å²) in [4.78, 5) is 10.8. The second-order valence-electron chi connectivity index (χ2n) is 5.27. The van der Waals surface area contributed by atoms with Gasteiger partial charge in [-0.05, 0) is 39.5 Å². The minimum atomic E-state index is -1.50. The Morgan fingerprint density at radius 1 is 1.32 bits per heavy atom. The van der Waals surface area contributed by atoms with E-state index >= 15 is 0 Å². The molecule has 0 bridgehead atoms. The van der Waals surface area contributed by atoms with Crippen molar-refractivity contribution in [3.05, 3.63) is 0 Å². The van der Waals surface area contributed by atoms with Crippen molar-refractivity contribution >= 4 is 5.97 Å². The number of ether oxygens (including phenoxy) is 3. The van der Waals surface area contributed by atoms with E-state index in [1.165, 1.54) is 13.8 Å². The van der Waals surface area contributed by atoms with Gasteiger partial charge in [0, 0.05) is 13.0 Å². The summed E-state index contributed by atoms with van der Waals surface area (Å²) >= 11 is 0. The molecule has 6 heteroatoms. The van der Waals surface area contributed by atoms with Crippen LogP contribution in [0.3, 0.4) is 0 Å². The van der Waals surface area contributed by atoms with Gasteiger partial charge in [0.25, 0.3) is 0 Å². The number of hydrogen-bond donors (Lipinski definition) is 2. The molecule has 2 heterocycles. The zero-order chi connectivity index (χ0) is 14.3.